The summed E-state index contributed by atoms with van der Waals surface area (Å²) in [6.45, 7) is 8.83. The second-order valence-electron chi connectivity index (χ2n) is 8.17. The maximum absolute atomic E-state index is 12.7. The number of carbonyl (C=O) groups excluding carboxylic acids is 1. The van der Waals surface area contributed by atoms with E-state index in [4.69, 9.17) is 17.0 Å². The van der Waals surface area contributed by atoms with E-state index < -0.39 is 0 Å². The number of fused-ring (bicyclic) bond motifs is 1. The van der Waals surface area contributed by atoms with Gasteiger partial charge in [0.2, 0.25) is 0 Å². The molecule has 2 N–H and O–H groups in total. The van der Waals surface area contributed by atoms with Crippen LogP contribution in [0.15, 0.2) is 24.3 Å². The molecule has 2 atom stereocenters. The van der Waals surface area contributed by atoms with Gasteiger partial charge in [-0.3, -0.25) is 0 Å². The number of ether oxygens (including phenoxy) is 1. The van der Waals surface area contributed by atoms with Gasteiger partial charge in [-0.05, 0) is 80.3 Å². The largest absolute Gasteiger partial charge is 0.462 e. The minimum Gasteiger partial charge on any atom is -0.462 e. The Labute approximate surface area is 195 Å². The molecule has 0 saturated carbocycles. The summed E-state index contributed by atoms with van der Waals surface area (Å²) in [5.74, 6) is 0.316. The Morgan fingerprint density at radius 2 is 1.77 bits per heavy atom. The fourth-order valence-electron chi connectivity index (χ4n) is 4.08. The van der Waals surface area contributed by atoms with Crippen molar-refractivity contribution in [1.29, 1.82) is 0 Å². The zero-order valence-electron chi connectivity index (χ0n) is 19.0. The minimum atomic E-state index is -0.250. The number of anilines is 1. The summed E-state index contributed by atoms with van der Waals surface area (Å²) in [6, 6.07) is 8.94. The van der Waals surface area contributed by atoms with E-state index in [0.29, 0.717) is 23.2 Å². The molecule has 168 valence electrons. The van der Waals surface area contributed by atoms with Crippen LogP contribution in [0.2, 0.25) is 0 Å². The highest BCUT2D eigenvalue weighted by atomic mass is 32.1. The van der Waals surface area contributed by atoms with Crippen LogP contribution in [0.25, 0.3) is 0 Å². The molecule has 0 radical (unpaired) electrons. The lowest BCUT2D eigenvalue weighted by Crippen LogP contribution is -2.32. The number of aryl methyl sites for hydroxylation is 1. The van der Waals surface area contributed by atoms with Crippen LogP contribution in [0.3, 0.4) is 0 Å². The highest BCUT2D eigenvalue weighted by Gasteiger charge is 2.27. The second kappa shape index (κ2) is 11.1. The lowest BCUT2D eigenvalue weighted by Gasteiger charge is -2.21. The number of thiophene rings is 1. The number of carbonyl (C=O) groups is 1. The van der Waals surface area contributed by atoms with E-state index >= 15 is 0 Å². The molecule has 1 heterocycles. The lowest BCUT2D eigenvalue weighted by atomic mass is 9.95. The van der Waals surface area contributed by atoms with Gasteiger partial charge < -0.3 is 15.4 Å². The zero-order valence-corrected chi connectivity index (χ0v) is 20.7. The highest BCUT2D eigenvalue weighted by Crippen LogP contribution is 2.38. The number of hydrogen-bond donors (Lipinski definition) is 2. The molecular formula is C25H34N2O2S2. The maximum atomic E-state index is 12.7. The monoisotopic (exact) mass is 458 g/mol. The van der Waals surface area contributed by atoms with Crippen molar-refractivity contribution in [1.82, 2.24) is 5.32 Å². The summed E-state index contributed by atoms with van der Waals surface area (Å²) in [4.78, 5) is 14.0. The molecule has 0 amide bonds. The van der Waals surface area contributed by atoms with Crippen LogP contribution in [-0.4, -0.2) is 17.7 Å². The fourth-order valence-corrected chi connectivity index (χ4v) is 5.67. The van der Waals surface area contributed by atoms with Crippen LogP contribution in [0.1, 0.15) is 97.3 Å². The predicted molar refractivity (Wildman–Crippen MR) is 134 cm³/mol. The second-order valence-corrected chi connectivity index (χ2v) is 9.68. The quantitative estimate of drug-likeness (QED) is 0.338. The summed E-state index contributed by atoms with van der Waals surface area (Å²) in [6.07, 6.45) is 6.29. The number of rotatable bonds is 8. The molecule has 2 unspecified atom stereocenters. The van der Waals surface area contributed by atoms with E-state index in [1.807, 2.05) is 6.92 Å². The van der Waals surface area contributed by atoms with E-state index in [1.165, 1.54) is 22.4 Å². The molecule has 6 heteroatoms. The van der Waals surface area contributed by atoms with E-state index in [9.17, 15) is 4.79 Å². The van der Waals surface area contributed by atoms with Crippen LogP contribution in [0.5, 0.6) is 0 Å². The molecule has 1 aromatic carbocycles. The Balaban J connectivity index is 1.75. The molecule has 0 fully saturated rings. The first-order valence-electron chi connectivity index (χ1n) is 11.5. The number of benzene rings is 1. The van der Waals surface area contributed by atoms with Gasteiger partial charge in [-0.2, -0.15) is 0 Å². The summed E-state index contributed by atoms with van der Waals surface area (Å²) in [7, 11) is 0. The Morgan fingerprint density at radius 1 is 1.10 bits per heavy atom. The molecule has 0 spiro atoms. The van der Waals surface area contributed by atoms with Crippen molar-refractivity contribution >= 4 is 39.6 Å². The first-order valence-corrected chi connectivity index (χ1v) is 12.7. The van der Waals surface area contributed by atoms with E-state index in [0.717, 1.165) is 42.7 Å². The van der Waals surface area contributed by atoms with Crippen molar-refractivity contribution < 1.29 is 9.53 Å². The Morgan fingerprint density at radius 3 is 2.42 bits per heavy atom. The molecule has 2 aromatic rings. The molecule has 0 bridgehead atoms. The first kappa shape index (κ1) is 23.7. The van der Waals surface area contributed by atoms with Crippen LogP contribution < -0.4 is 10.6 Å². The summed E-state index contributed by atoms with van der Waals surface area (Å²) < 4.78 is 5.35. The number of nitrogens with one attached hydrogen (secondary N) is 2. The third-order valence-corrected chi connectivity index (χ3v) is 7.54. The Hall–Kier alpha value is -1.92. The lowest BCUT2D eigenvalue weighted by molar-refractivity contribution is 0.0526. The summed E-state index contributed by atoms with van der Waals surface area (Å²) >= 11 is 7.29. The number of hydrogen-bond acceptors (Lipinski definition) is 4. The van der Waals surface area contributed by atoms with Crippen LogP contribution in [0.4, 0.5) is 5.00 Å². The molecule has 1 aliphatic rings. The van der Waals surface area contributed by atoms with Crippen molar-refractivity contribution in [3.8, 4) is 0 Å². The fraction of sp³-hybridized carbons (Fsp3) is 0.520. The van der Waals surface area contributed by atoms with Gasteiger partial charge in [-0.15, -0.1) is 11.3 Å². The standard InChI is InChI=1S/C25H34N2O2S2/c1-5-16(4)17-12-14-18(15-13-17)20(6-2)26-25(30)27-23-22(24(28)29-7-3)19-10-8-9-11-21(19)31-23/h12-16,20H,5-11H2,1-4H3,(H2,26,27,30). The van der Waals surface area contributed by atoms with Crippen molar-refractivity contribution in [2.75, 3.05) is 11.9 Å². The molecular weight excluding hydrogens is 424 g/mol. The smallest absolute Gasteiger partial charge is 0.341 e. The zero-order chi connectivity index (χ0) is 22.4. The molecule has 0 saturated heterocycles. The van der Waals surface area contributed by atoms with E-state index in [2.05, 4.69) is 55.7 Å². The van der Waals surface area contributed by atoms with Crippen molar-refractivity contribution in [2.24, 2.45) is 0 Å². The van der Waals surface area contributed by atoms with Gasteiger partial charge >= 0.3 is 5.97 Å². The van der Waals surface area contributed by atoms with E-state index in [-0.39, 0.29) is 12.0 Å². The first-order chi connectivity index (χ1) is 15.0. The number of thiocarbonyl (C=S) groups is 1. The van der Waals surface area contributed by atoms with Crippen molar-refractivity contribution in [3.63, 3.8) is 0 Å². The van der Waals surface area contributed by atoms with Crippen molar-refractivity contribution in [3.05, 3.63) is 51.4 Å². The minimum absolute atomic E-state index is 0.117. The third-order valence-electron chi connectivity index (χ3n) is 6.11. The van der Waals surface area contributed by atoms with Gasteiger partial charge in [0.1, 0.15) is 5.00 Å². The van der Waals surface area contributed by atoms with Gasteiger partial charge in [0, 0.05) is 4.88 Å². The number of esters is 1. The molecule has 1 aromatic heterocycles. The van der Waals surface area contributed by atoms with Crippen LogP contribution in [-0.2, 0) is 17.6 Å². The van der Waals surface area contributed by atoms with Crippen LogP contribution in [0, 0.1) is 0 Å². The third kappa shape index (κ3) is 5.66. The summed E-state index contributed by atoms with van der Waals surface area (Å²) in [5.41, 5.74) is 4.41. The van der Waals surface area contributed by atoms with E-state index in [1.54, 1.807) is 11.3 Å². The van der Waals surface area contributed by atoms with Crippen LogP contribution >= 0.6 is 23.6 Å². The normalized spacial score (nSPS) is 15.0. The molecule has 4 nitrogen and oxygen atoms in total. The Bertz CT molecular complexity index is 905. The topological polar surface area (TPSA) is 50.4 Å². The Kier molecular flexibility index (Phi) is 8.50. The average molecular weight is 459 g/mol. The summed E-state index contributed by atoms with van der Waals surface area (Å²) in [5, 5.41) is 8.12. The molecule has 3 rings (SSSR count). The maximum Gasteiger partial charge on any atom is 0.341 e. The SMILES string of the molecule is CCOC(=O)c1c(NC(=S)NC(CC)c2ccc(C(C)CC)cc2)sc2c1CCCC2. The van der Waals surface area contributed by atoms with Gasteiger partial charge in [-0.25, -0.2) is 4.79 Å². The van der Waals surface area contributed by atoms with Gasteiger partial charge in [0.25, 0.3) is 0 Å². The molecule has 1 aliphatic carbocycles. The van der Waals surface area contributed by atoms with Crippen molar-refractivity contribution in [2.45, 2.75) is 78.2 Å². The molecule has 31 heavy (non-hydrogen) atoms. The molecule has 0 aliphatic heterocycles. The van der Waals surface area contributed by atoms with Gasteiger partial charge in [-0.1, -0.05) is 45.0 Å². The predicted octanol–water partition coefficient (Wildman–Crippen LogP) is 6.75. The highest BCUT2D eigenvalue weighted by molar-refractivity contribution is 7.80. The van der Waals surface area contributed by atoms with Gasteiger partial charge in [0.05, 0.1) is 18.2 Å². The average Bonchev–Trinajstić information content (AvgIpc) is 3.15. The van der Waals surface area contributed by atoms with Gasteiger partial charge in [0.15, 0.2) is 5.11 Å².